The number of nitrogens with zero attached hydrogens (tertiary/aromatic N) is 1. The van der Waals surface area contributed by atoms with E-state index in [-0.39, 0.29) is 10.6 Å². The number of unbranched alkanes of at least 4 members (excludes halogenated alkanes) is 1. The molecule has 0 atom stereocenters. The average molecular weight is 270 g/mol. The van der Waals surface area contributed by atoms with Crippen molar-refractivity contribution in [3.05, 3.63) is 64.2 Å². The van der Waals surface area contributed by atoms with Crippen molar-refractivity contribution in [1.29, 1.82) is 0 Å². The lowest BCUT2D eigenvalue weighted by atomic mass is 10.1. The van der Waals surface area contributed by atoms with Crippen LogP contribution in [0.3, 0.4) is 0 Å². The van der Waals surface area contributed by atoms with Crippen LogP contribution in [0.5, 0.6) is 0 Å². The molecule has 2 aromatic rings. The summed E-state index contributed by atoms with van der Waals surface area (Å²) in [6, 6.07) is 14.7. The standard InChI is InChI=1S/C16H18N2O2/c1-2-3-6-13-9-11-14(12-10-13)17-15-7-4-5-8-16(15)18(19)20/h4-5,7-12,17H,2-3,6H2,1H3. The van der Waals surface area contributed by atoms with Crippen LogP contribution in [0.4, 0.5) is 17.1 Å². The molecule has 0 saturated carbocycles. The number of anilines is 2. The predicted octanol–water partition coefficient (Wildman–Crippen LogP) is 4.68. The van der Waals surface area contributed by atoms with Crippen molar-refractivity contribution in [2.75, 3.05) is 5.32 Å². The molecule has 2 rings (SSSR count). The van der Waals surface area contributed by atoms with Crippen molar-refractivity contribution in [2.24, 2.45) is 0 Å². The highest BCUT2D eigenvalue weighted by Gasteiger charge is 2.11. The first-order chi connectivity index (χ1) is 9.70. The second-order valence-corrected chi connectivity index (χ2v) is 4.70. The van der Waals surface area contributed by atoms with E-state index in [4.69, 9.17) is 0 Å². The first-order valence-corrected chi connectivity index (χ1v) is 6.80. The molecule has 1 N–H and O–H groups in total. The number of nitrogens with one attached hydrogen (secondary N) is 1. The third-order valence-electron chi connectivity index (χ3n) is 3.15. The summed E-state index contributed by atoms with van der Waals surface area (Å²) in [4.78, 5) is 10.6. The molecule has 4 nitrogen and oxygen atoms in total. The topological polar surface area (TPSA) is 55.2 Å². The van der Waals surface area contributed by atoms with E-state index >= 15 is 0 Å². The normalized spacial score (nSPS) is 10.2. The molecular weight excluding hydrogens is 252 g/mol. The highest BCUT2D eigenvalue weighted by Crippen LogP contribution is 2.27. The SMILES string of the molecule is CCCCc1ccc(Nc2ccccc2[N+](=O)[O-])cc1. The molecular formula is C16H18N2O2. The van der Waals surface area contributed by atoms with Gasteiger partial charge in [0.1, 0.15) is 5.69 Å². The summed E-state index contributed by atoms with van der Waals surface area (Å²) >= 11 is 0. The van der Waals surface area contributed by atoms with Gasteiger partial charge in [0.2, 0.25) is 0 Å². The number of aryl methyl sites for hydroxylation is 1. The minimum atomic E-state index is -0.377. The van der Waals surface area contributed by atoms with E-state index in [0.29, 0.717) is 5.69 Å². The minimum absolute atomic E-state index is 0.0857. The summed E-state index contributed by atoms with van der Waals surface area (Å²) in [6.45, 7) is 2.17. The Morgan fingerprint density at radius 3 is 2.45 bits per heavy atom. The fraction of sp³-hybridized carbons (Fsp3) is 0.250. The van der Waals surface area contributed by atoms with E-state index in [0.717, 1.165) is 12.1 Å². The first-order valence-electron chi connectivity index (χ1n) is 6.80. The number of nitro groups is 1. The van der Waals surface area contributed by atoms with E-state index in [9.17, 15) is 10.1 Å². The Bertz CT molecular complexity index is 579. The van der Waals surface area contributed by atoms with Gasteiger partial charge in [0.05, 0.1) is 4.92 Å². The molecule has 0 aromatic heterocycles. The van der Waals surface area contributed by atoms with Crippen molar-refractivity contribution < 1.29 is 4.92 Å². The van der Waals surface area contributed by atoms with E-state index < -0.39 is 0 Å². The Kier molecular flexibility index (Phi) is 4.71. The van der Waals surface area contributed by atoms with Gasteiger partial charge in [-0.05, 0) is 36.6 Å². The van der Waals surface area contributed by atoms with Crippen LogP contribution in [0, 0.1) is 10.1 Å². The molecule has 4 heteroatoms. The van der Waals surface area contributed by atoms with Gasteiger partial charge in [0, 0.05) is 11.8 Å². The summed E-state index contributed by atoms with van der Waals surface area (Å²) < 4.78 is 0. The fourth-order valence-corrected chi connectivity index (χ4v) is 2.03. The van der Waals surface area contributed by atoms with Gasteiger partial charge in [-0.1, -0.05) is 37.6 Å². The van der Waals surface area contributed by atoms with Gasteiger partial charge in [-0.15, -0.1) is 0 Å². The maximum absolute atomic E-state index is 10.9. The Labute approximate surface area is 118 Å². The number of benzene rings is 2. The highest BCUT2D eigenvalue weighted by molar-refractivity contribution is 5.69. The van der Waals surface area contributed by atoms with Crippen LogP contribution in [-0.2, 0) is 6.42 Å². The zero-order valence-electron chi connectivity index (χ0n) is 11.5. The highest BCUT2D eigenvalue weighted by atomic mass is 16.6. The van der Waals surface area contributed by atoms with E-state index in [1.54, 1.807) is 18.2 Å². The van der Waals surface area contributed by atoms with E-state index in [1.807, 2.05) is 12.1 Å². The lowest BCUT2D eigenvalue weighted by Crippen LogP contribution is -1.96. The Morgan fingerprint density at radius 2 is 1.80 bits per heavy atom. The molecule has 0 spiro atoms. The largest absolute Gasteiger partial charge is 0.350 e. The van der Waals surface area contributed by atoms with Gasteiger partial charge in [-0.25, -0.2) is 0 Å². The Balaban J connectivity index is 2.12. The van der Waals surface area contributed by atoms with Crippen molar-refractivity contribution in [2.45, 2.75) is 26.2 Å². The van der Waals surface area contributed by atoms with Crippen molar-refractivity contribution in [3.8, 4) is 0 Å². The Hall–Kier alpha value is -2.36. The van der Waals surface area contributed by atoms with Crippen LogP contribution in [0.1, 0.15) is 25.3 Å². The second-order valence-electron chi connectivity index (χ2n) is 4.70. The van der Waals surface area contributed by atoms with Gasteiger partial charge >= 0.3 is 0 Å². The van der Waals surface area contributed by atoms with Gasteiger partial charge in [0.25, 0.3) is 5.69 Å². The van der Waals surface area contributed by atoms with Crippen molar-refractivity contribution >= 4 is 17.1 Å². The lowest BCUT2D eigenvalue weighted by Gasteiger charge is -2.08. The van der Waals surface area contributed by atoms with Gasteiger partial charge in [-0.3, -0.25) is 10.1 Å². The maximum atomic E-state index is 10.9. The molecule has 2 aromatic carbocycles. The summed E-state index contributed by atoms with van der Waals surface area (Å²) in [5.41, 5.74) is 2.75. The predicted molar refractivity (Wildman–Crippen MR) is 81.4 cm³/mol. The lowest BCUT2D eigenvalue weighted by molar-refractivity contribution is -0.383. The molecule has 0 unspecified atom stereocenters. The van der Waals surface area contributed by atoms with E-state index in [1.165, 1.54) is 24.5 Å². The van der Waals surface area contributed by atoms with Gasteiger partial charge < -0.3 is 5.32 Å². The molecule has 0 aliphatic rings. The van der Waals surface area contributed by atoms with Crippen LogP contribution >= 0.6 is 0 Å². The Morgan fingerprint density at radius 1 is 1.10 bits per heavy atom. The zero-order valence-corrected chi connectivity index (χ0v) is 11.5. The quantitative estimate of drug-likeness (QED) is 0.612. The third kappa shape index (κ3) is 3.57. The van der Waals surface area contributed by atoms with Crippen LogP contribution in [-0.4, -0.2) is 4.92 Å². The average Bonchev–Trinajstić information content (AvgIpc) is 2.47. The molecule has 0 amide bonds. The first kappa shape index (κ1) is 14.1. The van der Waals surface area contributed by atoms with Crippen LogP contribution in [0.15, 0.2) is 48.5 Å². The molecule has 20 heavy (non-hydrogen) atoms. The molecule has 0 saturated heterocycles. The molecule has 0 radical (unpaired) electrons. The van der Waals surface area contributed by atoms with Crippen LogP contribution in [0.25, 0.3) is 0 Å². The van der Waals surface area contributed by atoms with Crippen molar-refractivity contribution in [1.82, 2.24) is 0 Å². The number of hydrogen-bond donors (Lipinski definition) is 1. The van der Waals surface area contributed by atoms with Crippen LogP contribution < -0.4 is 5.32 Å². The maximum Gasteiger partial charge on any atom is 0.292 e. The molecule has 104 valence electrons. The number of rotatable bonds is 6. The fourth-order valence-electron chi connectivity index (χ4n) is 2.03. The number of para-hydroxylation sites is 2. The summed E-state index contributed by atoms with van der Waals surface area (Å²) in [6.07, 6.45) is 3.43. The molecule has 0 aliphatic carbocycles. The third-order valence-corrected chi connectivity index (χ3v) is 3.15. The minimum Gasteiger partial charge on any atom is -0.350 e. The molecule has 0 aliphatic heterocycles. The number of hydrogen-bond acceptors (Lipinski definition) is 3. The summed E-state index contributed by atoms with van der Waals surface area (Å²) in [7, 11) is 0. The monoisotopic (exact) mass is 270 g/mol. The second kappa shape index (κ2) is 6.70. The smallest absolute Gasteiger partial charge is 0.292 e. The summed E-state index contributed by atoms with van der Waals surface area (Å²) in [5.74, 6) is 0. The van der Waals surface area contributed by atoms with E-state index in [2.05, 4.69) is 24.4 Å². The summed E-state index contributed by atoms with van der Waals surface area (Å²) in [5, 5.41) is 14.0. The van der Waals surface area contributed by atoms with Gasteiger partial charge in [-0.2, -0.15) is 0 Å². The molecule has 0 heterocycles. The van der Waals surface area contributed by atoms with Crippen LogP contribution in [0.2, 0.25) is 0 Å². The zero-order chi connectivity index (χ0) is 14.4. The number of nitro benzene ring substituents is 1. The molecule has 0 bridgehead atoms. The van der Waals surface area contributed by atoms with Crippen molar-refractivity contribution in [3.63, 3.8) is 0 Å². The van der Waals surface area contributed by atoms with Gasteiger partial charge in [0.15, 0.2) is 0 Å². The molecule has 0 fully saturated rings.